The summed E-state index contributed by atoms with van der Waals surface area (Å²) in [4.78, 5) is 0. The van der Waals surface area contributed by atoms with E-state index in [0.717, 1.165) is 36.5 Å². The molecule has 4 radical (unpaired) electrons. The summed E-state index contributed by atoms with van der Waals surface area (Å²) in [5, 5.41) is 0.275. The monoisotopic (exact) mass is 670 g/mol. The predicted molar refractivity (Wildman–Crippen MR) is 202 cm³/mol. The first-order valence-corrected chi connectivity index (χ1v) is 19.3. The van der Waals surface area contributed by atoms with Crippen LogP contribution in [0, 0.1) is 17.3 Å². The maximum absolute atomic E-state index is 6.50. The SMILES string of the molecule is CC(C)C(C)(C)[Si]Oc1ccc2c(c1)CC1(C2)Cc2ccc(O[Si]C(C)(C)C(C)C)cc2/C1=C/c1ccc(OCc2ccccc2)cc1. The molecule has 6 rings (SSSR count). The Kier molecular flexibility index (Phi) is 9.84. The minimum atomic E-state index is 0.00335. The Bertz CT molecular complexity index is 1750. The van der Waals surface area contributed by atoms with Crippen molar-refractivity contribution >= 4 is 31.2 Å². The van der Waals surface area contributed by atoms with Crippen molar-refractivity contribution in [1.29, 1.82) is 0 Å². The van der Waals surface area contributed by atoms with Crippen LogP contribution in [0.5, 0.6) is 17.2 Å². The van der Waals surface area contributed by atoms with Gasteiger partial charge in [-0.15, -0.1) is 0 Å². The summed E-state index contributed by atoms with van der Waals surface area (Å²) in [5.41, 5.74) is 9.37. The predicted octanol–water partition coefficient (Wildman–Crippen LogP) is 10.9. The Morgan fingerprint density at radius 3 is 1.81 bits per heavy atom. The Morgan fingerprint density at radius 2 is 1.19 bits per heavy atom. The van der Waals surface area contributed by atoms with Crippen LogP contribution in [-0.2, 0) is 25.9 Å². The molecule has 4 aromatic rings. The van der Waals surface area contributed by atoms with Gasteiger partial charge in [0.2, 0.25) is 0 Å². The molecule has 0 fully saturated rings. The lowest BCUT2D eigenvalue weighted by Gasteiger charge is -2.27. The van der Waals surface area contributed by atoms with E-state index in [4.69, 9.17) is 13.6 Å². The molecule has 1 spiro atoms. The minimum Gasteiger partial charge on any atom is -0.540 e. The molecule has 1 unspecified atom stereocenters. The van der Waals surface area contributed by atoms with Crippen LogP contribution in [0.1, 0.15) is 88.8 Å². The molecule has 3 nitrogen and oxygen atoms in total. The molecule has 248 valence electrons. The van der Waals surface area contributed by atoms with Gasteiger partial charge in [-0.05, 0) is 117 Å². The largest absolute Gasteiger partial charge is 0.540 e. The van der Waals surface area contributed by atoms with Gasteiger partial charge >= 0.3 is 19.5 Å². The maximum Gasteiger partial charge on any atom is 0.317 e. The molecule has 0 amide bonds. The number of hydrogen-bond donors (Lipinski definition) is 0. The molecular weight excluding hydrogens is 621 g/mol. The summed E-state index contributed by atoms with van der Waals surface area (Å²) in [5.74, 6) is 3.96. The summed E-state index contributed by atoms with van der Waals surface area (Å²) < 4.78 is 19.0. The number of fused-ring (bicyclic) bond motifs is 2. The lowest BCUT2D eigenvalue weighted by Crippen LogP contribution is -2.24. The second kappa shape index (κ2) is 13.8. The first-order valence-electron chi connectivity index (χ1n) is 17.5. The van der Waals surface area contributed by atoms with Gasteiger partial charge in [0, 0.05) is 5.41 Å². The van der Waals surface area contributed by atoms with Crippen LogP contribution in [0.2, 0.25) is 10.1 Å². The normalized spacial score (nSPS) is 18.1. The number of allylic oxidation sites excluding steroid dienone is 1. The van der Waals surface area contributed by atoms with E-state index < -0.39 is 0 Å². The third-order valence-electron chi connectivity index (χ3n) is 10.9. The van der Waals surface area contributed by atoms with Gasteiger partial charge < -0.3 is 13.6 Å². The minimum absolute atomic E-state index is 0.00335. The highest BCUT2D eigenvalue weighted by Crippen LogP contribution is 2.56. The van der Waals surface area contributed by atoms with E-state index in [9.17, 15) is 0 Å². The highest BCUT2D eigenvalue weighted by atomic mass is 28.2. The van der Waals surface area contributed by atoms with E-state index >= 15 is 0 Å². The molecule has 0 bridgehead atoms. The van der Waals surface area contributed by atoms with Gasteiger partial charge in [-0.1, -0.05) is 116 Å². The van der Waals surface area contributed by atoms with Crippen molar-refractivity contribution in [1.82, 2.24) is 0 Å². The average molecular weight is 671 g/mol. The third kappa shape index (κ3) is 7.53. The third-order valence-corrected chi connectivity index (χ3v) is 13.8. The summed E-state index contributed by atoms with van der Waals surface area (Å²) >= 11 is 0. The molecule has 2 aliphatic rings. The fraction of sp³-hybridized carbons (Fsp3) is 0.395. The lowest BCUT2D eigenvalue weighted by molar-refractivity contribution is 0.306. The molecule has 1 atom stereocenters. The molecule has 0 saturated heterocycles. The van der Waals surface area contributed by atoms with E-state index in [1.807, 2.05) is 6.07 Å². The van der Waals surface area contributed by atoms with Gasteiger partial charge in [0.25, 0.3) is 0 Å². The van der Waals surface area contributed by atoms with Crippen molar-refractivity contribution in [3.63, 3.8) is 0 Å². The Hall–Kier alpha value is -3.55. The zero-order valence-electron chi connectivity index (χ0n) is 29.9. The number of benzene rings is 4. The zero-order chi connectivity index (χ0) is 34.1. The Labute approximate surface area is 294 Å². The molecule has 0 heterocycles. The van der Waals surface area contributed by atoms with Crippen LogP contribution in [0.3, 0.4) is 0 Å². The van der Waals surface area contributed by atoms with Crippen molar-refractivity contribution in [2.45, 2.75) is 91.3 Å². The standard InChI is InChI=1S/C43H50O3Si2/c1-29(2)41(5,6)47-45-37-20-16-33-25-43(27-35(33)23-37)26-34-17-21-38(46-48-42(7,8)30(3)4)24-39(34)40(43)22-31-14-18-36(19-15-31)44-28-32-12-10-9-11-13-32/h9-24,29-30H,25-28H2,1-8H3/b40-22-. The molecule has 0 aromatic heterocycles. The van der Waals surface area contributed by atoms with Crippen molar-refractivity contribution < 1.29 is 13.6 Å². The second-order valence-corrected chi connectivity index (χ2v) is 19.0. The van der Waals surface area contributed by atoms with Crippen molar-refractivity contribution in [2.24, 2.45) is 17.3 Å². The van der Waals surface area contributed by atoms with Gasteiger partial charge in [-0.2, -0.15) is 0 Å². The summed E-state index contributed by atoms with van der Waals surface area (Å²) in [7, 11) is 0.831. The highest BCUT2D eigenvalue weighted by Gasteiger charge is 2.46. The van der Waals surface area contributed by atoms with Gasteiger partial charge in [-0.25, -0.2) is 0 Å². The fourth-order valence-corrected chi connectivity index (χ4v) is 7.78. The lowest BCUT2D eigenvalue weighted by atomic mass is 9.77. The smallest absolute Gasteiger partial charge is 0.317 e. The van der Waals surface area contributed by atoms with Gasteiger partial charge in [0.05, 0.1) is 0 Å². The van der Waals surface area contributed by atoms with E-state index in [0.29, 0.717) is 38.0 Å². The molecular formula is C43H50O3Si2. The maximum atomic E-state index is 6.50. The molecule has 0 saturated carbocycles. The molecule has 0 N–H and O–H groups in total. The van der Waals surface area contributed by atoms with E-state index in [1.165, 1.54) is 39.0 Å². The van der Waals surface area contributed by atoms with Crippen molar-refractivity contribution in [2.75, 3.05) is 0 Å². The van der Waals surface area contributed by atoms with Crippen LogP contribution in [-0.4, -0.2) is 19.5 Å². The molecule has 2 aliphatic carbocycles. The zero-order valence-corrected chi connectivity index (χ0v) is 31.9. The second-order valence-electron chi connectivity index (χ2n) is 15.6. The molecule has 4 aromatic carbocycles. The van der Waals surface area contributed by atoms with E-state index in [2.05, 4.69) is 146 Å². The molecule has 0 aliphatic heterocycles. The quantitative estimate of drug-likeness (QED) is 0.140. The van der Waals surface area contributed by atoms with E-state index in [1.54, 1.807) is 0 Å². The summed E-state index contributed by atoms with van der Waals surface area (Å²) in [6.07, 6.45) is 5.49. The van der Waals surface area contributed by atoms with Crippen LogP contribution in [0.15, 0.2) is 91.0 Å². The number of ether oxygens (including phenoxy) is 1. The summed E-state index contributed by atoms with van der Waals surface area (Å²) in [6.45, 7) is 18.9. The van der Waals surface area contributed by atoms with Crippen LogP contribution >= 0.6 is 0 Å². The van der Waals surface area contributed by atoms with Crippen LogP contribution in [0.25, 0.3) is 11.6 Å². The highest BCUT2D eigenvalue weighted by molar-refractivity contribution is 6.33. The van der Waals surface area contributed by atoms with Crippen LogP contribution < -0.4 is 13.6 Å². The van der Waals surface area contributed by atoms with Gasteiger partial charge in [0.1, 0.15) is 23.9 Å². The number of rotatable bonds is 12. The van der Waals surface area contributed by atoms with Crippen molar-refractivity contribution in [3.8, 4) is 17.2 Å². The first kappa shape index (κ1) is 34.3. The van der Waals surface area contributed by atoms with Crippen LogP contribution in [0.4, 0.5) is 0 Å². The summed E-state index contributed by atoms with van der Waals surface area (Å²) in [6, 6.07) is 32.5. The average Bonchev–Trinajstić information content (AvgIpc) is 3.57. The Balaban J connectivity index is 1.29. The topological polar surface area (TPSA) is 27.7 Å². The number of hydrogen-bond acceptors (Lipinski definition) is 3. The molecule has 5 heteroatoms. The van der Waals surface area contributed by atoms with Gasteiger partial charge in [-0.3, -0.25) is 0 Å². The Morgan fingerprint density at radius 1 is 0.646 bits per heavy atom. The van der Waals surface area contributed by atoms with Crippen molar-refractivity contribution in [3.05, 3.63) is 124 Å². The van der Waals surface area contributed by atoms with Gasteiger partial charge in [0.15, 0.2) is 0 Å². The molecule has 48 heavy (non-hydrogen) atoms. The fourth-order valence-electron chi connectivity index (χ4n) is 6.29. The van der Waals surface area contributed by atoms with E-state index in [-0.39, 0.29) is 15.5 Å². The first-order chi connectivity index (χ1) is 22.8.